The Morgan fingerprint density at radius 1 is 0.316 bits per heavy atom. The lowest BCUT2D eigenvalue weighted by Gasteiger charge is -2.10. The van der Waals surface area contributed by atoms with E-state index in [9.17, 15) is 0 Å². The van der Waals surface area contributed by atoms with Crippen LogP contribution in [0.15, 0.2) is 164 Å². The molecule has 0 bridgehead atoms. The average molecular weight is 782 g/mol. The molecule has 0 fully saturated rings. The third-order valence-corrected chi connectivity index (χ3v) is 14.0. The van der Waals surface area contributed by atoms with Crippen LogP contribution in [0.5, 0.6) is 0 Å². The predicted octanol–water partition coefficient (Wildman–Crippen LogP) is 14.1. The summed E-state index contributed by atoms with van der Waals surface area (Å²) in [4.78, 5) is 26.1. The average Bonchev–Trinajstić information content (AvgIpc) is 3.97. The van der Waals surface area contributed by atoms with Crippen molar-refractivity contribution in [2.24, 2.45) is 0 Å². The lowest BCUT2D eigenvalue weighted by molar-refractivity contribution is 1.08. The summed E-state index contributed by atoms with van der Waals surface area (Å²) in [5.41, 5.74) is 6.84. The largest absolute Gasteiger partial charge is 0.226 e. The molecule has 0 N–H and O–H groups in total. The van der Waals surface area contributed by atoms with Crippen LogP contribution < -0.4 is 0 Å². The molecule has 0 atom stereocenters. The molecule has 5 nitrogen and oxygen atoms in total. The minimum atomic E-state index is 0.627. The van der Waals surface area contributed by atoms with Gasteiger partial charge in [0.05, 0.1) is 15.9 Å². The van der Waals surface area contributed by atoms with E-state index in [2.05, 4.69) is 140 Å². The zero-order valence-corrected chi connectivity index (χ0v) is 32.5. The molecule has 0 unspecified atom stereocenters. The Kier molecular flexibility index (Phi) is 7.38. The van der Waals surface area contributed by atoms with Crippen molar-refractivity contribution in [3.05, 3.63) is 164 Å². The summed E-state index contributed by atoms with van der Waals surface area (Å²) in [7, 11) is 0. The second-order valence-corrected chi connectivity index (χ2v) is 17.2. The fourth-order valence-electron chi connectivity index (χ4n) is 7.87. The summed E-state index contributed by atoms with van der Waals surface area (Å²) < 4.78 is 7.18. The molecule has 0 spiro atoms. The van der Waals surface area contributed by atoms with Gasteiger partial charge >= 0.3 is 0 Å². The zero-order chi connectivity index (χ0) is 37.5. The van der Waals surface area contributed by atoms with Gasteiger partial charge in [0.25, 0.3) is 0 Å². The minimum Gasteiger partial charge on any atom is -0.226 e. The van der Waals surface area contributed by atoms with Crippen LogP contribution >= 0.6 is 34.0 Å². The molecule has 5 aromatic heterocycles. The lowest BCUT2D eigenvalue weighted by atomic mass is 10.0. The van der Waals surface area contributed by atoms with Crippen LogP contribution in [0.3, 0.4) is 0 Å². The van der Waals surface area contributed by atoms with E-state index < -0.39 is 0 Å². The van der Waals surface area contributed by atoms with Gasteiger partial charge in [0, 0.05) is 78.2 Å². The fraction of sp³-hybridized carbons (Fsp3) is 0. The number of thiophene rings is 3. The molecule has 12 rings (SSSR count). The molecule has 0 aliphatic carbocycles. The first-order valence-corrected chi connectivity index (χ1v) is 21.1. The van der Waals surface area contributed by atoms with Gasteiger partial charge in [-0.05, 0) is 54.6 Å². The lowest BCUT2D eigenvalue weighted by Crippen LogP contribution is -2.00. The Morgan fingerprint density at radius 2 is 0.860 bits per heavy atom. The van der Waals surface area contributed by atoms with Crippen molar-refractivity contribution in [3.8, 4) is 56.8 Å². The van der Waals surface area contributed by atoms with E-state index >= 15 is 0 Å². The Labute approximate surface area is 338 Å². The number of rotatable bonds is 5. The number of nitrogens with zero attached hydrogens (tertiary/aromatic N) is 5. The predicted molar refractivity (Wildman–Crippen MR) is 241 cm³/mol. The third kappa shape index (κ3) is 5.37. The standard InChI is InChI=1S/C49H27N5S3/c1-3-12-28(13-4-1)43-45-44(33-17-8-10-20-38(33)57-45)51-49(50-43)34-18-11-21-41-42(34)36-27-31(23-25-40(36)56-41)48-53-46(29-14-5-2-6-15-29)52-47(54-48)30-22-24-39-35(26-30)32-16-7-9-19-37(32)55-39/h1-27H. The maximum Gasteiger partial charge on any atom is 0.164 e. The highest BCUT2D eigenvalue weighted by atomic mass is 32.1. The van der Waals surface area contributed by atoms with Gasteiger partial charge in [-0.2, -0.15) is 0 Å². The van der Waals surface area contributed by atoms with Gasteiger partial charge in [-0.25, -0.2) is 24.9 Å². The molecule has 266 valence electrons. The SMILES string of the molecule is c1ccc(-c2nc(-c3ccc4sc5ccccc5c4c3)nc(-c3ccc4sc5cccc(-c6nc(-c7ccccc7)c7sc8ccccc8c7n6)c5c4c3)n2)cc1. The number of hydrogen-bond acceptors (Lipinski definition) is 8. The molecule has 5 heterocycles. The van der Waals surface area contributed by atoms with E-state index in [1.54, 1.807) is 22.7 Å². The fourth-order valence-corrected chi connectivity index (χ4v) is 11.2. The van der Waals surface area contributed by atoms with Gasteiger partial charge in [0.1, 0.15) is 0 Å². The van der Waals surface area contributed by atoms with Gasteiger partial charge in [-0.1, -0.05) is 109 Å². The Morgan fingerprint density at radius 3 is 1.60 bits per heavy atom. The van der Waals surface area contributed by atoms with Crippen LogP contribution in [0.1, 0.15) is 0 Å². The van der Waals surface area contributed by atoms with E-state index in [1.807, 2.05) is 35.6 Å². The van der Waals surface area contributed by atoms with Crippen molar-refractivity contribution in [1.82, 2.24) is 24.9 Å². The van der Waals surface area contributed by atoms with Gasteiger partial charge in [-0.3, -0.25) is 0 Å². The second-order valence-electron chi connectivity index (χ2n) is 14.0. The van der Waals surface area contributed by atoms with Gasteiger partial charge in [-0.15, -0.1) is 34.0 Å². The highest BCUT2D eigenvalue weighted by Crippen LogP contribution is 2.44. The molecule has 12 aromatic rings. The van der Waals surface area contributed by atoms with Gasteiger partial charge in [0.15, 0.2) is 23.3 Å². The van der Waals surface area contributed by atoms with Crippen LogP contribution in [0.25, 0.3) is 117 Å². The van der Waals surface area contributed by atoms with Crippen molar-refractivity contribution in [2.75, 3.05) is 0 Å². The summed E-state index contributed by atoms with van der Waals surface area (Å²) in [6, 6.07) is 57.3. The number of benzene rings is 7. The van der Waals surface area contributed by atoms with E-state index in [4.69, 9.17) is 24.9 Å². The van der Waals surface area contributed by atoms with E-state index in [1.165, 1.54) is 34.3 Å². The molecule has 7 aromatic carbocycles. The van der Waals surface area contributed by atoms with E-state index in [0.717, 1.165) is 59.9 Å². The minimum absolute atomic E-state index is 0.627. The maximum absolute atomic E-state index is 5.35. The van der Waals surface area contributed by atoms with Gasteiger partial charge in [0.2, 0.25) is 0 Å². The number of hydrogen-bond donors (Lipinski definition) is 0. The molecule has 0 aliphatic heterocycles. The maximum atomic E-state index is 5.35. The number of aromatic nitrogens is 5. The van der Waals surface area contributed by atoms with Crippen molar-refractivity contribution in [3.63, 3.8) is 0 Å². The van der Waals surface area contributed by atoms with E-state index in [0.29, 0.717) is 23.3 Å². The summed E-state index contributed by atoms with van der Waals surface area (Å²) >= 11 is 5.34. The summed E-state index contributed by atoms with van der Waals surface area (Å²) in [5.74, 6) is 2.62. The molecular formula is C49H27N5S3. The first kappa shape index (κ1) is 32.5. The molecule has 0 saturated heterocycles. The Balaban J connectivity index is 1.06. The molecule has 57 heavy (non-hydrogen) atoms. The van der Waals surface area contributed by atoms with Crippen LogP contribution in [0, 0.1) is 0 Å². The van der Waals surface area contributed by atoms with Crippen LogP contribution in [-0.2, 0) is 0 Å². The topological polar surface area (TPSA) is 64.5 Å². The highest BCUT2D eigenvalue weighted by molar-refractivity contribution is 7.26. The monoisotopic (exact) mass is 781 g/mol. The van der Waals surface area contributed by atoms with Crippen molar-refractivity contribution >= 4 is 94.7 Å². The molecule has 0 aliphatic rings. The smallest absolute Gasteiger partial charge is 0.164 e. The molecule has 0 saturated carbocycles. The summed E-state index contributed by atoms with van der Waals surface area (Å²) in [6.07, 6.45) is 0. The highest BCUT2D eigenvalue weighted by Gasteiger charge is 2.20. The first-order chi connectivity index (χ1) is 28.2. The Hall–Kier alpha value is -6.71. The quantitative estimate of drug-likeness (QED) is 0.174. The van der Waals surface area contributed by atoms with Crippen molar-refractivity contribution in [2.45, 2.75) is 0 Å². The summed E-state index contributed by atoms with van der Waals surface area (Å²) in [5, 5.41) is 5.85. The number of fused-ring (bicyclic) bond motifs is 9. The molecule has 0 amide bonds. The normalized spacial score (nSPS) is 11.9. The van der Waals surface area contributed by atoms with Crippen LogP contribution in [-0.4, -0.2) is 24.9 Å². The summed E-state index contributed by atoms with van der Waals surface area (Å²) in [6.45, 7) is 0. The Bertz CT molecular complexity index is 3530. The van der Waals surface area contributed by atoms with Crippen LogP contribution in [0.4, 0.5) is 0 Å². The van der Waals surface area contributed by atoms with Crippen LogP contribution in [0.2, 0.25) is 0 Å². The molecular weight excluding hydrogens is 755 g/mol. The van der Waals surface area contributed by atoms with Crippen molar-refractivity contribution < 1.29 is 0 Å². The molecule has 0 radical (unpaired) electrons. The third-order valence-electron chi connectivity index (χ3n) is 10.6. The second kappa shape index (κ2) is 12.9. The zero-order valence-electron chi connectivity index (χ0n) is 30.0. The first-order valence-electron chi connectivity index (χ1n) is 18.7. The van der Waals surface area contributed by atoms with Crippen molar-refractivity contribution in [1.29, 1.82) is 0 Å². The van der Waals surface area contributed by atoms with E-state index in [-0.39, 0.29) is 0 Å². The van der Waals surface area contributed by atoms with Gasteiger partial charge < -0.3 is 0 Å². The molecule has 8 heteroatoms.